The van der Waals surface area contributed by atoms with E-state index in [1.807, 2.05) is 6.92 Å². The normalized spacial score (nSPS) is 13.2. The van der Waals surface area contributed by atoms with Gasteiger partial charge in [-0.15, -0.1) is 0 Å². The molecule has 0 spiro atoms. The monoisotopic (exact) mass is 332 g/mol. The van der Waals surface area contributed by atoms with Gasteiger partial charge < -0.3 is 5.32 Å². The van der Waals surface area contributed by atoms with Crippen molar-refractivity contribution < 1.29 is 13.2 Å². The van der Waals surface area contributed by atoms with Crippen LogP contribution in [0.25, 0.3) is 0 Å². The summed E-state index contributed by atoms with van der Waals surface area (Å²) >= 11 is 5.77. The third-order valence-electron chi connectivity index (χ3n) is 2.75. The second-order valence-electron chi connectivity index (χ2n) is 5.45. The van der Waals surface area contributed by atoms with Crippen molar-refractivity contribution in [3.8, 4) is 0 Å². The number of benzene rings is 1. The Kier molecular flexibility index (Phi) is 6.64. The van der Waals surface area contributed by atoms with Gasteiger partial charge in [0.2, 0.25) is 5.91 Å². The van der Waals surface area contributed by atoms with Crippen LogP contribution < -0.4 is 5.32 Å². The Balaban J connectivity index is 2.41. The molecule has 1 N–H and O–H groups in total. The van der Waals surface area contributed by atoms with E-state index in [4.69, 9.17) is 11.6 Å². The number of hydrogen-bond acceptors (Lipinski definition) is 4. The van der Waals surface area contributed by atoms with E-state index in [9.17, 15) is 13.2 Å². The van der Waals surface area contributed by atoms with Crippen molar-refractivity contribution in [1.82, 2.24) is 4.90 Å². The summed E-state index contributed by atoms with van der Waals surface area (Å²) < 4.78 is 22.4. The number of likely N-dealkylation sites (N-methyl/N-ethyl adjacent to an activating group) is 1. The number of rotatable bonds is 7. The van der Waals surface area contributed by atoms with E-state index in [1.165, 1.54) is 6.26 Å². The summed E-state index contributed by atoms with van der Waals surface area (Å²) in [6, 6.07) is 6.86. The molecular weight excluding hydrogens is 312 g/mol. The zero-order chi connectivity index (χ0) is 16.0. The highest BCUT2D eigenvalue weighted by Gasteiger charge is 2.14. The van der Waals surface area contributed by atoms with Crippen LogP contribution in [0.2, 0.25) is 5.02 Å². The summed E-state index contributed by atoms with van der Waals surface area (Å²) in [4.78, 5) is 13.7. The van der Waals surface area contributed by atoms with Crippen LogP contribution in [-0.2, 0) is 14.6 Å². The van der Waals surface area contributed by atoms with Crippen LogP contribution in [0.1, 0.15) is 6.92 Å². The zero-order valence-electron chi connectivity index (χ0n) is 12.5. The third kappa shape index (κ3) is 8.04. The maximum atomic E-state index is 11.9. The van der Waals surface area contributed by atoms with Crippen LogP contribution in [0.3, 0.4) is 0 Å². The van der Waals surface area contributed by atoms with Crippen molar-refractivity contribution in [3.63, 3.8) is 0 Å². The standard InChI is InChI=1S/C14H21ClN2O3S/c1-11(10-21(3,19)20)8-17(2)9-14(18)16-13-6-4-12(15)5-7-13/h4-7,11H,8-10H2,1-3H3,(H,16,18)/t11-/m0/s1. The topological polar surface area (TPSA) is 66.5 Å². The van der Waals surface area contributed by atoms with Crippen molar-refractivity contribution in [2.45, 2.75) is 6.92 Å². The summed E-state index contributed by atoms with van der Waals surface area (Å²) in [7, 11) is -1.20. The number of anilines is 1. The number of nitrogens with one attached hydrogen (secondary N) is 1. The Hall–Kier alpha value is -1.11. The molecule has 1 amide bonds. The second kappa shape index (κ2) is 7.77. The Morgan fingerprint density at radius 1 is 1.33 bits per heavy atom. The number of halogens is 1. The number of amides is 1. The highest BCUT2D eigenvalue weighted by Crippen LogP contribution is 2.13. The Bertz CT molecular complexity index is 572. The average molecular weight is 333 g/mol. The quantitative estimate of drug-likeness (QED) is 0.828. The molecule has 1 aromatic rings. The lowest BCUT2D eigenvalue weighted by atomic mass is 10.2. The summed E-state index contributed by atoms with van der Waals surface area (Å²) in [6.45, 7) is 2.60. The third-order valence-corrected chi connectivity index (χ3v) is 4.18. The van der Waals surface area contributed by atoms with Gasteiger partial charge in [-0.2, -0.15) is 0 Å². The number of nitrogens with zero attached hydrogens (tertiary/aromatic N) is 1. The Morgan fingerprint density at radius 3 is 2.43 bits per heavy atom. The van der Waals surface area contributed by atoms with Gasteiger partial charge in [0.25, 0.3) is 0 Å². The molecule has 0 saturated carbocycles. The average Bonchev–Trinajstić information content (AvgIpc) is 2.28. The minimum atomic E-state index is -2.99. The molecule has 0 aliphatic heterocycles. The molecule has 21 heavy (non-hydrogen) atoms. The minimum absolute atomic E-state index is 0.0201. The van der Waals surface area contributed by atoms with E-state index in [0.29, 0.717) is 17.3 Å². The van der Waals surface area contributed by atoms with Crippen molar-refractivity contribution >= 4 is 33.0 Å². The largest absolute Gasteiger partial charge is 0.325 e. The van der Waals surface area contributed by atoms with Crippen LogP contribution in [-0.4, -0.2) is 51.4 Å². The lowest BCUT2D eigenvalue weighted by Gasteiger charge is -2.20. The van der Waals surface area contributed by atoms with Crippen molar-refractivity contribution in [2.24, 2.45) is 5.92 Å². The lowest BCUT2D eigenvalue weighted by molar-refractivity contribution is -0.117. The highest BCUT2D eigenvalue weighted by atomic mass is 35.5. The molecule has 1 aromatic carbocycles. The first-order valence-electron chi connectivity index (χ1n) is 6.57. The fraction of sp³-hybridized carbons (Fsp3) is 0.500. The van der Waals surface area contributed by atoms with Gasteiger partial charge in [-0.1, -0.05) is 18.5 Å². The van der Waals surface area contributed by atoms with Gasteiger partial charge in [-0.25, -0.2) is 8.42 Å². The van der Waals surface area contributed by atoms with Gasteiger partial charge in [0.15, 0.2) is 0 Å². The molecule has 0 radical (unpaired) electrons. The predicted molar refractivity (Wildman–Crippen MR) is 86.5 cm³/mol. The van der Waals surface area contributed by atoms with Crippen molar-refractivity contribution in [2.75, 3.05) is 37.5 Å². The van der Waals surface area contributed by atoms with Gasteiger partial charge in [0, 0.05) is 23.5 Å². The lowest BCUT2D eigenvalue weighted by Crippen LogP contribution is -2.34. The van der Waals surface area contributed by atoms with Crippen LogP contribution in [0.15, 0.2) is 24.3 Å². The molecule has 0 unspecified atom stereocenters. The SMILES string of the molecule is C[C@@H](CN(C)CC(=O)Nc1ccc(Cl)cc1)CS(C)(=O)=O. The molecule has 0 fully saturated rings. The molecule has 5 nitrogen and oxygen atoms in total. The van der Waals surface area contributed by atoms with E-state index in [-0.39, 0.29) is 24.1 Å². The minimum Gasteiger partial charge on any atom is -0.325 e. The maximum Gasteiger partial charge on any atom is 0.238 e. The molecule has 0 saturated heterocycles. The molecule has 0 bridgehead atoms. The maximum absolute atomic E-state index is 11.9. The fourth-order valence-corrected chi connectivity index (χ4v) is 3.41. The number of hydrogen-bond donors (Lipinski definition) is 1. The van der Waals surface area contributed by atoms with E-state index in [2.05, 4.69) is 5.32 Å². The van der Waals surface area contributed by atoms with Crippen LogP contribution in [0.5, 0.6) is 0 Å². The van der Waals surface area contributed by atoms with Crippen molar-refractivity contribution in [3.05, 3.63) is 29.3 Å². The van der Waals surface area contributed by atoms with Gasteiger partial charge in [-0.3, -0.25) is 9.69 Å². The smallest absolute Gasteiger partial charge is 0.238 e. The fourth-order valence-electron chi connectivity index (χ4n) is 2.15. The number of sulfone groups is 1. The second-order valence-corrected chi connectivity index (χ2v) is 8.07. The van der Waals surface area contributed by atoms with Crippen LogP contribution in [0.4, 0.5) is 5.69 Å². The number of carbonyl (C=O) groups excluding carboxylic acids is 1. The molecule has 118 valence electrons. The highest BCUT2D eigenvalue weighted by molar-refractivity contribution is 7.90. The molecule has 1 rings (SSSR count). The molecule has 1 atom stereocenters. The number of carbonyl (C=O) groups is 1. The van der Waals surface area contributed by atoms with Gasteiger partial charge in [0.05, 0.1) is 12.3 Å². The zero-order valence-corrected chi connectivity index (χ0v) is 14.0. The molecule has 0 aliphatic rings. The van der Waals surface area contributed by atoms with Crippen molar-refractivity contribution in [1.29, 1.82) is 0 Å². The molecule has 0 aromatic heterocycles. The van der Waals surface area contributed by atoms with Crippen LogP contribution in [0, 0.1) is 5.92 Å². The van der Waals surface area contributed by atoms with Crippen LogP contribution >= 0.6 is 11.6 Å². The summed E-state index contributed by atoms with van der Waals surface area (Å²) in [6.07, 6.45) is 1.22. The molecule has 7 heteroatoms. The van der Waals surface area contributed by atoms with E-state index >= 15 is 0 Å². The van der Waals surface area contributed by atoms with Gasteiger partial charge >= 0.3 is 0 Å². The summed E-state index contributed by atoms with van der Waals surface area (Å²) in [5.41, 5.74) is 0.682. The summed E-state index contributed by atoms with van der Waals surface area (Å²) in [5.74, 6) is -0.0458. The molecule has 0 heterocycles. The first kappa shape index (κ1) is 17.9. The predicted octanol–water partition coefficient (Wildman–Crippen LogP) is 1.89. The molecule has 0 aliphatic carbocycles. The Labute approximate surface area is 131 Å². The van der Waals surface area contributed by atoms with E-state index in [0.717, 1.165) is 0 Å². The van der Waals surface area contributed by atoms with E-state index < -0.39 is 9.84 Å². The molecular formula is C14H21ClN2O3S. The first-order valence-corrected chi connectivity index (χ1v) is 9.01. The summed E-state index contributed by atoms with van der Waals surface area (Å²) in [5, 5.41) is 3.37. The van der Waals surface area contributed by atoms with E-state index in [1.54, 1.807) is 36.2 Å². The van der Waals surface area contributed by atoms with Gasteiger partial charge in [-0.05, 0) is 37.2 Å². The Morgan fingerprint density at radius 2 is 1.90 bits per heavy atom. The van der Waals surface area contributed by atoms with Gasteiger partial charge in [0.1, 0.15) is 9.84 Å². The first-order chi connectivity index (χ1) is 9.65.